The topological polar surface area (TPSA) is 61.4 Å². The van der Waals surface area contributed by atoms with Crippen LogP contribution >= 0.6 is 0 Å². The Balaban J connectivity index is 2.57. The molecule has 0 unspecified atom stereocenters. The van der Waals surface area contributed by atoms with Crippen molar-refractivity contribution in [1.82, 2.24) is 9.62 Å². The van der Waals surface area contributed by atoms with Gasteiger partial charge in [0, 0.05) is 19.3 Å². The fourth-order valence-electron chi connectivity index (χ4n) is 1.49. The SMILES string of the molecule is CNc1ccc(S(=O)(=O)NCCCN(C)C)cc1. The molecule has 0 aromatic heterocycles. The van der Waals surface area contributed by atoms with Crippen LogP contribution in [-0.2, 0) is 10.0 Å². The van der Waals surface area contributed by atoms with Crippen LogP contribution in [0.15, 0.2) is 29.2 Å². The van der Waals surface area contributed by atoms with Gasteiger partial charge in [0.05, 0.1) is 4.90 Å². The molecular weight excluding hydrogens is 250 g/mol. The van der Waals surface area contributed by atoms with Gasteiger partial charge in [-0.25, -0.2) is 13.1 Å². The molecule has 102 valence electrons. The molecule has 0 spiro atoms. The Morgan fingerprint density at radius 1 is 1.17 bits per heavy atom. The molecule has 0 bridgehead atoms. The third-order valence-corrected chi connectivity index (χ3v) is 4.00. The summed E-state index contributed by atoms with van der Waals surface area (Å²) in [4.78, 5) is 2.32. The fourth-order valence-corrected chi connectivity index (χ4v) is 2.56. The van der Waals surface area contributed by atoms with Crippen LogP contribution in [0.25, 0.3) is 0 Å². The van der Waals surface area contributed by atoms with Crippen LogP contribution in [0.3, 0.4) is 0 Å². The van der Waals surface area contributed by atoms with Crippen molar-refractivity contribution >= 4 is 15.7 Å². The van der Waals surface area contributed by atoms with E-state index in [-0.39, 0.29) is 0 Å². The summed E-state index contributed by atoms with van der Waals surface area (Å²) in [5, 5.41) is 2.95. The molecule has 6 heteroatoms. The van der Waals surface area contributed by atoms with Gasteiger partial charge in [0.2, 0.25) is 10.0 Å². The second-order valence-corrected chi connectivity index (χ2v) is 6.10. The minimum Gasteiger partial charge on any atom is -0.388 e. The van der Waals surface area contributed by atoms with E-state index < -0.39 is 10.0 Å². The van der Waals surface area contributed by atoms with Gasteiger partial charge in [-0.2, -0.15) is 0 Å². The molecule has 0 aliphatic carbocycles. The van der Waals surface area contributed by atoms with Gasteiger partial charge < -0.3 is 10.2 Å². The van der Waals surface area contributed by atoms with Crippen LogP contribution in [0, 0.1) is 0 Å². The molecule has 0 aliphatic heterocycles. The van der Waals surface area contributed by atoms with Gasteiger partial charge >= 0.3 is 0 Å². The average molecular weight is 271 g/mol. The Kier molecular flexibility index (Phi) is 5.58. The summed E-state index contributed by atoms with van der Waals surface area (Å²) in [6.07, 6.45) is 0.792. The lowest BCUT2D eigenvalue weighted by atomic mass is 10.3. The first kappa shape index (κ1) is 14.9. The highest BCUT2D eigenvalue weighted by Gasteiger charge is 2.12. The van der Waals surface area contributed by atoms with Crippen molar-refractivity contribution < 1.29 is 8.42 Å². The third kappa shape index (κ3) is 4.64. The average Bonchev–Trinajstić information content (AvgIpc) is 2.34. The summed E-state index contributed by atoms with van der Waals surface area (Å²) >= 11 is 0. The number of nitrogens with one attached hydrogen (secondary N) is 2. The molecule has 0 saturated carbocycles. The lowest BCUT2D eigenvalue weighted by Gasteiger charge is -2.10. The largest absolute Gasteiger partial charge is 0.388 e. The summed E-state index contributed by atoms with van der Waals surface area (Å²) in [6.45, 7) is 1.31. The van der Waals surface area contributed by atoms with Crippen molar-refractivity contribution in [2.24, 2.45) is 0 Å². The van der Waals surface area contributed by atoms with E-state index in [1.807, 2.05) is 19.0 Å². The third-order valence-electron chi connectivity index (χ3n) is 2.53. The molecule has 1 aromatic rings. The monoisotopic (exact) mass is 271 g/mol. The van der Waals surface area contributed by atoms with Gasteiger partial charge in [-0.15, -0.1) is 0 Å². The minimum atomic E-state index is -3.38. The van der Waals surface area contributed by atoms with E-state index in [1.54, 1.807) is 31.3 Å². The lowest BCUT2D eigenvalue weighted by molar-refractivity contribution is 0.400. The molecule has 18 heavy (non-hydrogen) atoms. The number of hydrogen-bond acceptors (Lipinski definition) is 4. The number of rotatable bonds is 7. The van der Waals surface area contributed by atoms with Crippen LogP contribution in [0.4, 0.5) is 5.69 Å². The molecule has 1 rings (SSSR count). The Morgan fingerprint density at radius 2 is 1.78 bits per heavy atom. The van der Waals surface area contributed by atoms with E-state index in [1.165, 1.54) is 0 Å². The highest BCUT2D eigenvalue weighted by molar-refractivity contribution is 7.89. The summed E-state index contributed by atoms with van der Waals surface area (Å²) in [7, 11) is 2.34. The number of sulfonamides is 1. The van der Waals surface area contributed by atoms with Gasteiger partial charge in [0.1, 0.15) is 0 Å². The molecule has 2 N–H and O–H groups in total. The smallest absolute Gasteiger partial charge is 0.240 e. The normalized spacial score (nSPS) is 11.8. The number of anilines is 1. The van der Waals surface area contributed by atoms with Crippen molar-refractivity contribution in [3.05, 3.63) is 24.3 Å². The minimum absolute atomic E-state index is 0.298. The Morgan fingerprint density at radius 3 is 2.28 bits per heavy atom. The second-order valence-electron chi connectivity index (χ2n) is 4.33. The van der Waals surface area contributed by atoms with E-state index in [4.69, 9.17) is 0 Å². The van der Waals surface area contributed by atoms with Crippen molar-refractivity contribution in [2.45, 2.75) is 11.3 Å². The van der Waals surface area contributed by atoms with Gasteiger partial charge in [-0.05, 0) is 51.3 Å². The summed E-state index contributed by atoms with van der Waals surface area (Å²) in [5.41, 5.74) is 0.890. The van der Waals surface area contributed by atoms with Crippen LogP contribution < -0.4 is 10.0 Å². The maximum absolute atomic E-state index is 11.9. The molecule has 1 aromatic carbocycles. The van der Waals surface area contributed by atoms with Gasteiger partial charge in [-0.3, -0.25) is 0 Å². The molecule has 0 fully saturated rings. The maximum Gasteiger partial charge on any atom is 0.240 e. The summed E-state index contributed by atoms with van der Waals surface area (Å²) in [6, 6.07) is 6.68. The molecule has 5 nitrogen and oxygen atoms in total. The first-order valence-electron chi connectivity index (χ1n) is 5.88. The van der Waals surface area contributed by atoms with Gasteiger partial charge in [-0.1, -0.05) is 0 Å². The van der Waals surface area contributed by atoms with E-state index in [2.05, 4.69) is 10.0 Å². The number of nitrogens with zero attached hydrogens (tertiary/aromatic N) is 1. The lowest BCUT2D eigenvalue weighted by Crippen LogP contribution is -2.27. The highest BCUT2D eigenvalue weighted by atomic mass is 32.2. The van der Waals surface area contributed by atoms with Crippen molar-refractivity contribution in [3.63, 3.8) is 0 Å². The zero-order chi connectivity index (χ0) is 13.6. The molecule has 0 heterocycles. The van der Waals surface area contributed by atoms with Crippen LogP contribution in [0.2, 0.25) is 0 Å². The van der Waals surface area contributed by atoms with E-state index in [0.29, 0.717) is 11.4 Å². The van der Waals surface area contributed by atoms with Crippen LogP contribution in [0.1, 0.15) is 6.42 Å². The van der Waals surface area contributed by atoms with Crippen molar-refractivity contribution in [3.8, 4) is 0 Å². The first-order chi connectivity index (χ1) is 8.45. The Labute approximate surface area is 109 Å². The zero-order valence-electron chi connectivity index (χ0n) is 11.1. The molecule has 0 atom stereocenters. The number of hydrogen-bond donors (Lipinski definition) is 2. The standard InChI is InChI=1S/C12H21N3O2S/c1-13-11-5-7-12(8-6-11)18(16,17)14-9-4-10-15(2)3/h5-8,13-14H,4,9-10H2,1-3H3. The predicted molar refractivity (Wildman–Crippen MR) is 74.3 cm³/mol. The molecule has 0 amide bonds. The van der Waals surface area contributed by atoms with Crippen LogP contribution in [0.5, 0.6) is 0 Å². The van der Waals surface area contributed by atoms with Gasteiger partial charge in [0.25, 0.3) is 0 Å². The fraction of sp³-hybridized carbons (Fsp3) is 0.500. The maximum atomic E-state index is 11.9. The first-order valence-corrected chi connectivity index (χ1v) is 7.36. The molecule has 0 aliphatic rings. The summed E-state index contributed by atoms with van der Waals surface area (Å²) in [5.74, 6) is 0. The van der Waals surface area contributed by atoms with Crippen molar-refractivity contribution in [1.29, 1.82) is 0 Å². The summed E-state index contributed by atoms with van der Waals surface area (Å²) < 4.78 is 26.5. The Hall–Kier alpha value is -1.11. The molecule has 0 saturated heterocycles. The number of benzene rings is 1. The van der Waals surface area contributed by atoms with Crippen molar-refractivity contribution in [2.75, 3.05) is 39.5 Å². The van der Waals surface area contributed by atoms with E-state index in [9.17, 15) is 8.42 Å². The quantitative estimate of drug-likeness (QED) is 0.725. The van der Waals surface area contributed by atoms with E-state index in [0.717, 1.165) is 18.7 Å². The molecular formula is C12H21N3O2S. The van der Waals surface area contributed by atoms with Gasteiger partial charge in [0.15, 0.2) is 0 Å². The zero-order valence-corrected chi connectivity index (χ0v) is 11.9. The van der Waals surface area contributed by atoms with E-state index >= 15 is 0 Å². The Bertz CT molecular complexity index is 455. The highest BCUT2D eigenvalue weighted by Crippen LogP contribution is 2.13. The second kappa shape index (κ2) is 6.72. The van der Waals surface area contributed by atoms with Crippen LogP contribution in [-0.4, -0.2) is 47.6 Å². The predicted octanol–water partition coefficient (Wildman–Crippen LogP) is 0.958. The molecule has 0 radical (unpaired) electrons.